The quantitative estimate of drug-likeness (QED) is 0.746. The monoisotopic (exact) mass is 346 g/mol. The van der Waals surface area contributed by atoms with Gasteiger partial charge in [-0.2, -0.15) is 0 Å². The molecule has 0 fully saturated rings. The number of aryl methyl sites for hydroxylation is 1. The van der Waals surface area contributed by atoms with Crippen LogP contribution in [-0.4, -0.2) is 36.4 Å². The van der Waals surface area contributed by atoms with Crippen LogP contribution in [0.2, 0.25) is 0 Å². The Morgan fingerprint density at radius 3 is 2.96 bits per heavy atom. The number of urea groups is 1. The first-order valence-corrected chi connectivity index (χ1v) is 8.90. The summed E-state index contributed by atoms with van der Waals surface area (Å²) in [5, 5.41) is 5.03. The normalized spacial score (nSPS) is 12.5. The van der Waals surface area contributed by atoms with Gasteiger partial charge < -0.3 is 14.8 Å². The molecule has 0 aromatic carbocycles. The Morgan fingerprint density at radius 2 is 2.29 bits per heavy atom. The van der Waals surface area contributed by atoms with Crippen LogP contribution < -0.4 is 5.32 Å². The maximum Gasteiger partial charge on any atom is 0.318 e. The lowest BCUT2D eigenvalue weighted by Crippen LogP contribution is -2.41. The van der Waals surface area contributed by atoms with Gasteiger partial charge in [0.25, 0.3) is 0 Å². The molecule has 3 aromatic heterocycles. The van der Waals surface area contributed by atoms with E-state index in [1.165, 1.54) is 0 Å². The molecule has 3 aromatic rings. The van der Waals surface area contributed by atoms with E-state index in [1.807, 2.05) is 46.9 Å². The summed E-state index contributed by atoms with van der Waals surface area (Å²) in [7, 11) is 1.94. The van der Waals surface area contributed by atoms with Crippen molar-refractivity contribution in [2.45, 2.75) is 32.9 Å². The summed E-state index contributed by atoms with van der Waals surface area (Å²) in [6.07, 6.45) is 8.46. The lowest BCUT2D eigenvalue weighted by Gasteiger charge is -2.24. The second-order valence-electron chi connectivity index (χ2n) is 5.81. The molecule has 1 atom stereocenters. The molecule has 3 heterocycles. The van der Waals surface area contributed by atoms with Gasteiger partial charge in [-0.3, -0.25) is 4.40 Å². The summed E-state index contributed by atoms with van der Waals surface area (Å²) >= 11 is 1.58. The maximum atomic E-state index is 12.7. The molecule has 24 heavy (non-hydrogen) atoms. The zero-order valence-corrected chi connectivity index (χ0v) is 15.0. The minimum atomic E-state index is -0.148. The molecule has 0 aliphatic rings. The molecule has 2 amide bonds. The molecule has 0 aliphatic heterocycles. The van der Waals surface area contributed by atoms with Crippen LogP contribution in [0.3, 0.4) is 0 Å². The zero-order chi connectivity index (χ0) is 17.1. The predicted octanol–water partition coefficient (Wildman–Crippen LogP) is 2.81. The molecule has 0 spiro atoms. The Morgan fingerprint density at radius 1 is 1.46 bits per heavy atom. The molecular weight excluding hydrogens is 324 g/mol. The summed E-state index contributed by atoms with van der Waals surface area (Å²) in [5.74, 6) is 0.869. The van der Waals surface area contributed by atoms with Crippen molar-refractivity contribution in [1.82, 2.24) is 29.2 Å². The van der Waals surface area contributed by atoms with E-state index in [0.717, 1.165) is 22.9 Å². The molecule has 0 radical (unpaired) electrons. The highest BCUT2D eigenvalue weighted by molar-refractivity contribution is 7.15. The van der Waals surface area contributed by atoms with Crippen LogP contribution in [-0.2, 0) is 13.6 Å². The second-order valence-corrected chi connectivity index (χ2v) is 6.68. The molecule has 0 bridgehead atoms. The van der Waals surface area contributed by atoms with Crippen molar-refractivity contribution in [2.75, 3.05) is 6.54 Å². The number of hydrogen-bond donors (Lipinski definition) is 1. The second kappa shape index (κ2) is 7.04. The van der Waals surface area contributed by atoms with Gasteiger partial charge in [0.2, 0.25) is 0 Å². The van der Waals surface area contributed by atoms with Crippen LogP contribution in [0.15, 0.2) is 30.2 Å². The van der Waals surface area contributed by atoms with E-state index >= 15 is 0 Å². The number of amides is 2. The van der Waals surface area contributed by atoms with E-state index in [1.54, 1.807) is 22.4 Å². The minimum Gasteiger partial charge on any atom is -0.337 e. The van der Waals surface area contributed by atoms with Crippen molar-refractivity contribution >= 4 is 22.3 Å². The Hall–Kier alpha value is -2.35. The summed E-state index contributed by atoms with van der Waals surface area (Å²) in [6.45, 7) is 5.19. The van der Waals surface area contributed by atoms with Crippen LogP contribution in [0, 0.1) is 0 Å². The van der Waals surface area contributed by atoms with Gasteiger partial charge >= 0.3 is 6.03 Å². The van der Waals surface area contributed by atoms with E-state index in [0.29, 0.717) is 13.1 Å². The van der Waals surface area contributed by atoms with E-state index in [-0.39, 0.29) is 12.1 Å². The van der Waals surface area contributed by atoms with Gasteiger partial charge in [0.05, 0.1) is 18.3 Å². The number of nitrogens with one attached hydrogen (secondary N) is 1. The number of carbonyl (C=O) groups excluding carboxylic acids is 1. The summed E-state index contributed by atoms with van der Waals surface area (Å²) in [6, 6.07) is -0.242. The molecule has 3 rings (SSSR count). The van der Waals surface area contributed by atoms with E-state index < -0.39 is 0 Å². The van der Waals surface area contributed by atoms with Crippen molar-refractivity contribution in [2.24, 2.45) is 7.05 Å². The summed E-state index contributed by atoms with van der Waals surface area (Å²) in [5.41, 5.74) is 0.864. The van der Waals surface area contributed by atoms with Gasteiger partial charge in [-0.25, -0.2) is 14.8 Å². The highest BCUT2D eigenvalue weighted by atomic mass is 32.1. The Labute approximate surface area is 144 Å². The fourth-order valence-corrected chi connectivity index (χ4v) is 3.25. The zero-order valence-electron chi connectivity index (χ0n) is 14.1. The van der Waals surface area contributed by atoms with E-state index in [9.17, 15) is 4.79 Å². The first kappa shape index (κ1) is 16.5. The Balaban J connectivity index is 1.68. The average Bonchev–Trinajstić information content (AvgIpc) is 3.23. The fourth-order valence-electron chi connectivity index (χ4n) is 2.55. The third-order valence-corrected chi connectivity index (χ3v) is 4.70. The first-order chi connectivity index (χ1) is 11.6. The fraction of sp³-hybridized carbons (Fsp3) is 0.438. The van der Waals surface area contributed by atoms with Crippen molar-refractivity contribution in [3.63, 3.8) is 0 Å². The molecule has 1 unspecified atom stereocenters. The van der Waals surface area contributed by atoms with Crippen LogP contribution in [0.25, 0.3) is 4.96 Å². The number of fused-ring (bicyclic) bond motifs is 1. The highest BCUT2D eigenvalue weighted by Gasteiger charge is 2.19. The Kier molecular flexibility index (Phi) is 4.84. The number of aromatic nitrogens is 4. The van der Waals surface area contributed by atoms with Gasteiger partial charge in [-0.15, -0.1) is 11.3 Å². The molecule has 0 saturated carbocycles. The minimum absolute atomic E-state index is 0.0938. The standard InChI is InChI=1S/C16H22N6OS/c1-4-6-21(11-14-17-5-7-20(14)3)15(23)18-12(2)13-10-22-8-9-24-16(22)19-13/h5,7-10,12H,4,6,11H2,1-3H3,(H,18,23). The summed E-state index contributed by atoms with van der Waals surface area (Å²) in [4.78, 5) is 24.2. The highest BCUT2D eigenvalue weighted by Crippen LogP contribution is 2.17. The van der Waals surface area contributed by atoms with Gasteiger partial charge in [-0.1, -0.05) is 6.92 Å². The van der Waals surface area contributed by atoms with E-state index in [4.69, 9.17) is 0 Å². The lowest BCUT2D eigenvalue weighted by molar-refractivity contribution is 0.189. The molecule has 0 saturated heterocycles. The summed E-state index contributed by atoms with van der Waals surface area (Å²) < 4.78 is 3.91. The van der Waals surface area contributed by atoms with Gasteiger partial charge in [0, 0.05) is 43.8 Å². The molecule has 128 valence electrons. The predicted molar refractivity (Wildman–Crippen MR) is 93.9 cm³/mol. The van der Waals surface area contributed by atoms with Gasteiger partial charge in [-0.05, 0) is 13.3 Å². The van der Waals surface area contributed by atoms with Crippen molar-refractivity contribution in [1.29, 1.82) is 0 Å². The van der Waals surface area contributed by atoms with Gasteiger partial charge in [0.15, 0.2) is 4.96 Å². The van der Waals surface area contributed by atoms with Crippen molar-refractivity contribution < 1.29 is 4.79 Å². The van der Waals surface area contributed by atoms with Gasteiger partial charge in [0.1, 0.15) is 5.82 Å². The number of thiazole rings is 1. The molecule has 0 aliphatic carbocycles. The molecule has 7 nitrogen and oxygen atoms in total. The van der Waals surface area contributed by atoms with Crippen LogP contribution in [0.1, 0.15) is 37.8 Å². The van der Waals surface area contributed by atoms with Crippen molar-refractivity contribution in [3.05, 3.63) is 41.7 Å². The van der Waals surface area contributed by atoms with Crippen LogP contribution >= 0.6 is 11.3 Å². The number of nitrogens with zero attached hydrogens (tertiary/aromatic N) is 5. The molecule has 1 N–H and O–H groups in total. The number of hydrogen-bond acceptors (Lipinski definition) is 4. The lowest BCUT2D eigenvalue weighted by atomic mass is 10.2. The number of rotatable bonds is 6. The SMILES string of the molecule is CCCN(Cc1nccn1C)C(=O)NC(C)c1cn2ccsc2n1. The van der Waals surface area contributed by atoms with Crippen molar-refractivity contribution in [3.8, 4) is 0 Å². The largest absolute Gasteiger partial charge is 0.337 e. The molecule has 8 heteroatoms. The average molecular weight is 346 g/mol. The van der Waals surface area contributed by atoms with Crippen LogP contribution in [0.5, 0.6) is 0 Å². The smallest absolute Gasteiger partial charge is 0.318 e. The third kappa shape index (κ3) is 3.43. The van der Waals surface area contributed by atoms with E-state index in [2.05, 4.69) is 22.2 Å². The topological polar surface area (TPSA) is 67.5 Å². The number of imidazole rings is 2. The Bertz CT molecular complexity index is 791. The molecular formula is C16H22N6OS. The number of carbonyl (C=O) groups is 1. The third-order valence-electron chi connectivity index (χ3n) is 3.93. The first-order valence-electron chi connectivity index (χ1n) is 8.02. The maximum absolute atomic E-state index is 12.7. The van der Waals surface area contributed by atoms with Crippen LogP contribution in [0.4, 0.5) is 4.79 Å².